The lowest BCUT2D eigenvalue weighted by Crippen LogP contribution is -2.37. The van der Waals surface area contributed by atoms with Crippen molar-refractivity contribution in [1.29, 1.82) is 0 Å². The Labute approximate surface area is 225 Å². The predicted octanol–water partition coefficient (Wildman–Crippen LogP) is 4.56. The van der Waals surface area contributed by atoms with Gasteiger partial charge in [0.05, 0.1) is 4.90 Å². The quantitative estimate of drug-likeness (QED) is 0.377. The van der Waals surface area contributed by atoms with Crippen LogP contribution in [0.4, 0.5) is 0 Å². The van der Waals surface area contributed by atoms with E-state index in [-0.39, 0.29) is 4.90 Å². The van der Waals surface area contributed by atoms with Crippen molar-refractivity contribution >= 4 is 22.0 Å². The molecule has 1 heterocycles. The van der Waals surface area contributed by atoms with E-state index < -0.39 is 15.9 Å². The van der Waals surface area contributed by atoms with E-state index in [4.69, 9.17) is 0 Å². The van der Waals surface area contributed by atoms with Crippen molar-refractivity contribution in [3.8, 4) is 0 Å². The molecule has 1 amide bonds. The van der Waals surface area contributed by atoms with Crippen LogP contribution in [-0.2, 0) is 21.4 Å². The van der Waals surface area contributed by atoms with Crippen molar-refractivity contribution < 1.29 is 13.2 Å². The van der Waals surface area contributed by atoms with Gasteiger partial charge in [-0.05, 0) is 79.7 Å². The second-order valence-electron chi connectivity index (χ2n) is 10.3. The van der Waals surface area contributed by atoms with Crippen molar-refractivity contribution in [2.24, 2.45) is 5.92 Å². The average molecular weight is 530 g/mol. The van der Waals surface area contributed by atoms with Crippen LogP contribution in [0.3, 0.4) is 0 Å². The minimum atomic E-state index is -3.87. The summed E-state index contributed by atoms with van der Waals surface area (Å²) in [7, 11) is -3.87. The molecule has 1 saturated heterocycles. The molecular weight excluding hydrogens is 494 g/mol. The summed E-state index contributed by atoms with van der Waals surface area (Å²) in [6, 6.07) is 27.4. The van der Waals surface area contributed by atoms with Crippen molar-refractivity contribution in [1.82, 2.24) is 14.9 Å². The van der Waals surface area contributed by atoms with Gasteiger partial charge in [0.2, 0.25) is 0 Å². The highest BCUT2D eigenvalue weighted by atomic mass is 32.2. The van der Waals surface area contributed by atoms with E-state index in [1.54, 1.807) is 24.3 Å². The molecule has 2 atom stereocenters. The first-order valence-corrected chi connectivity index (χ1v) is 14.8. The van der Waals surface area contributed by atoms with Crippen LogP contribution in [0.25, 0.3) is 6.08 Å². The van der Waals surface area contributed by atoms with Gasteiger partial charge in [0, 0.05) is 24.6 Å². The van der Waals surface area contributed by atoms with Gasteiger partial charge in [-0.15, -0.1) is 0 Å². The Morgan fingerprint density at radius 3 is 2.24 bits per heavy atom. The number of sulfonamides is 1. The Hall–Kier alpha value is -3.26. The molecule has 6 nitrogen and oxygen atoms in total. The molecule has 2 fully saturated rings. The normalized spacial score (nSPS) is 20.4. The smallest absolute Gasteiger partial charge is 0.264 e. The molecule has 2 N–H and O–H groups in total. The number of rotatable bonds is 10. The second-order valence-corrected chi connectivity index (χ2v) is 12.0. The third-order valence-corrected chi connectivity index (χ3v) is 8.86. The minimum absolute atomic E-state index is 0.0611. The first-order chi connectivity index (χ1) is 18.5. The summed E-state index contributed by atoms with van der Waals surface area (Å²) in [5.41, 5.74) is 3.54. The highest BCUT2D eigenvalue weighted by Crippen LogP contribution is 2.40. The molecule has 198 valence electrons. The van der Waals surface area contributed by atoms with E-state index in [0.29, 0.717) is 12.0 Å². The molecule has 3 aromatic rings. The highest BCUT2D eigenvalue weighted by molar-refractivity contribution is 7.90. The van der Waals surface area contributed by atoms with Crippen molar-refractivity contribution in [2.75, 3.05) is 19.6 Å². The van der Waals surface area contributed by atoms with Gasteiger partial charge >= 0.3 is 0 Å². The summed E-state index contributed by atoms with van der Waals surface area (Å²) in [5.74, 6) is 0.756. The zero-order valence-corrected chi connectivity index (χ0v) is 22.3. The number of nitrogens with one attached hydrogen (secondary N) is 2. The number of carbonyl (C=O) groups is 1. The monoisotopic (exact) mass is 529 g/mol. The number of likely N-dealkylation sites (tertiary alicyclic amines) is 1. The fourth-order valence-corrected chi connectivity index (χ4v) is 6.11. The zero-order chi connectivity index (χ0) is 26.4. The van der Waals surface area contributed by atoms with Gasteiger partial charge in [-0.2, -0.15) is 0 Å². The summed E-state index contributed by atoms with van der Waals surface area (Å²) < 4.78 is 26.6. The first-order valence-electron chi connectivity index (χ1n) is 13.4. The van der Waals surface area contributed by atoms with Gasteiger partial charge in [-0.3, -0.25) is 9.69 Å². The average Bonchev–Trinajstić information content (AvgIpc) is 3.73. The minimum Gasteiger partial charge on any atom is -0.313 e. The molecule has 0 radical (unpaired) electrons. The molecule has 7 heteroatoms. The molecule has 38 heavy (non-hydrogen) atoms. The van der Waals surface area contributed by atoms with Crippen LogP contribution in [0, 0.1) is 5.92 Å². The molecule has 0 spiro atoms. The van der Waals surface area contributed by atoms with E-state index in [1.165, 1.54) is 48.6 Å². The summed E-state index contributed by atoms with van der Waals surface area (Å²) >= 11 is 0. The van der Waals surface area contributed by atoms with E-state index >= 15 is 0 Å². The van der Waals surface area contributed by atoms with Crippen LogP contribution < -0.4 is 10.0 Å². The van der Waals surface area contributed by atoms with Gasteiger partial charge < -0.3 is 5.32 Å². The standard InChI is InChI=1S/C31H35N3O3S/c35-31(33-38(36,37)28-9-5-2-6-10-28)16-15-24-11-13-26(14-12-24)23-34-19-17-25(18-20-34)22-32-30-21-29(30)27-7-3-1-4-8-27/h1-16,25,29-30,32H,17-23H2,(H,33,35)/t29-,30+/m0/s1. The molecule has 2 aliphatic rings. The first kappa shape index (κ1) is 26.4. The summed E-state index contributed by atoms with van der Waals surface area (Å²) in [6.45, 7) is 4.25. The van der Waals surface area contributed by atoms with E-state index in [9.17, 15) is 13.2 Å². The maximum Gasteiger partial charge on any atom is 0.264 e. The zero-order valence-electron chi connectivity index (χ0n) is 21.5. The summed E-state index contributed by atoms with van der Waals surface area (Å²) in [6.07, 6.45) is 6.57. The van der Waals surface area contributed by atoms with Gasteiger partial charge in [0.25, 0.3) is 15.9 Å². The lowest BCUT2D eigenvalue weighted by Gasteiger charge is -2.32. The SMILES string of the molecule is O=C(C=Cc1ccc(CN2CCC(CN[C@@H]3C[C@H]3c3ccccc3)CC2)cc1)NS(=O)(=O)c1ccccc1. The fraction of sp³-hybridized carbons (Fsp3) is 0.323. The van der Waals surface area contributed by atoms with Crippen LogP contribution >= 0.6 is 0 Å². The Balaban J connectivity index is 1.02. The van der Waals surface area contributed by atoms with Crippen molar-refractivity contribution in [3.63, 3.8) is 0 Å². The Bertz CT molecular complexity index is 1330. The Morgan fingerprint density at radius 1 is 0.895 bits per heavy atom. The molecule has 0 unspecified atom stereocenters. The lowest BCUT2D eigenvalue weighted by molar-refractivity contribution is -0.114. The van der Waals surface area contributed by atoms with Gasteiger partial charge in [0.15, 0.2) is 0 Å². The molecular formula is C31H35N3O3S. The van der Waals surface area contributed by atoms with Crippen LogP contribution in [0.1, 0.15) is 41.9 Å². The van der Waals surface area contributed by atoms with Crippen molar-refractivity contribution in [2.45, 2.75) is 42.7 Å². The molecule has 5 rings (SSSR count). The van der Waals surface area contributed by atoms with Crippen LogP contribution in [-0.4, -0.2) is 44.9 Å². The topological polar surface area (TPSA) is 78.5 Å². The van der Waals surface area contributed by atoms with Gasteiger partial charge in [-0.1, -0.05) is 72.8 Å². The lowest BCUT2D eigenvalue weighted by atomic mass is 9.96. The largest absolute Gasteiger partial charge is 0.313 e. The number of nitrogens with zero attached hydrogens (tertiary/aromatic N) is 1. The molecule has 1 saturated carbocycles. The number of piperidine rings is 1. The highest BCUT2D eigenvalue weighted by Gasteiger charge is 2.38. The number of hydrogen-bond acceptors (Lipinski definition) is 5. The van der Waals surface area contributed by atoms with Crippen molar-refractivity contribution in [3.05, 3.63) is 108 Å². The predicted molar refractivity (Wildman–Crippen MR) is 151 cm³/mol. The van der Waals surface area contributed by atoms with E-state index in [2.05, 4.69) is 57.4 Å². The number of hydrogen-bond donors (Lipinski definition) is 2. The third-order valence-electron chi connectivity index (χ3n) is 7.50. The van der Waals surface area contributed by atoms with Gasteiger partial charge in [-0.25, -0.2) is 13.1 Å². The number of amides is 1. The van der Waals surface area contributed by atoms with Gasteiger partial charge in [0.1, 0.15) is 0 Å². The van der Waals surface area contributed by atoms with E-state index in [0.717, 1.165) is 37.7 Å². The Kier molecular flexibility index (Phi) is 8.37. The third kappa shape index (κ3) is 7.19. The summed E-state index contributed by atoms with van der Waals surface area (Å²) in [4.78, 5) is 14.7. The van der Waals surface area contributed by atoms with Crippen LogP contribution in [0.5, 0.6) is 0 Å². The molecule has 1 aliphatic heterocycles. The van der Waals surface area contributed by atoms with Crippen LogP contribution in [0.2, 0.25) is 0 Å². The molecule has 0 aromatic heterocycles. The van der Waals surface area contributed by atoms with Crippen LogP contribution in [0.15, 0.2) is 95.9 Å². The molecule has 0 bridgehead atoms. The maximum absolute atomic E-state index is 12.3. The second kappa shape index (κ2) is 12.1. The molecule has 3 aromatic carbocycles. The number of benzene rings is 3. The fourth-order valence-electron chi connectivity index (χ4n) is 5.15. The molecule has 1 aliphatic carbocycles. The van der Waals surface area contributed by atoms with E-state index in [1.807, 2.05) is 12.1 Å². The number of carbonyl (C=O) groups excluding carboxylic acids is 1. The summed E-state index contributed by atoms with van der Waals surface area (Å²) in [5, 5.41) is 3.80. The maximum atomic E-state index is 12.3. The Morgan fingerprint density at radius 2 is 1.55 bits per heavy atom.